The Bertz CT molecular complexity index is 626. The molecule has 21 heavy (non-hydrogen) atoms. The molecule has 1 saturated heterocycles. The first-order valence-electron chi connectivity index (χ1n) is 7.06. The van der Waals surface area contributed by atoms with E-state index in [1.54, 1.807) is 0 Å². The largest absolute Gasteiger partial charge is 0.367 e. The highest BCUT2D eigenvalue weighted by Gasteiger charge is 2.48. The number of hydrogen-bond acceptors (Lipinski definition) is 3. The number of halogens is 1. The van der Waals surface area contributed by atoms with Gasteiger partial charge in [0, 0.05) is 10.7 Å². The quantitative estimate of drug-likeness (QED) is 0.874. The van der Waals surface area contributed by atoms with E-state index in [4.69, 9.17) is 11.6 Å². The Balaban J connectivity index is 1.70. The van der Waals surface area contributed by atoms with Gasteiger partial charge in [0.2, 0.25) is 11.8 Å². The summed E-state index contributed by atoms with van der Waals surface area (Å²) in [7, 11) is 0. The number of aryl methyl sites for hydroxylation is 1. The summed E-state index contributed by atoms with van der Waals surface area (Å²) in [5.41, 5.74) is 2.03. The van der Waals surface area contributed by atoms with Crippen LogP contribution >= 0.6 is 11.6 Å². The first-order valence-corrected chi connectivity index (χ1v) is 7.44. The van der Waals surface area contributed by atoms with E-state index >= 15 is 0 Å². The lowest BCUT2D eigenvalue weighted by molar-refractivity contribution is -0.139. The van der Waals surface area contributed by atoms with Gasteiger partial charge in [-0.2, -0.15) is 0 Å². The second-order valence-electron chi connectivity index (χ2n) is 5.61. The van der Waals surface area contributed by atoms with Crippen molar-refractivity contribution in [2.24, 2.45) is 11.8 Å². The minimum atomic E-state index is -0.283. The molecule has 0 saturated carbocycles. The Kier molecular flexibility index (Phi) is 3.72. The number of amides is 2. The Labute approximate surface area is 128 Å². The van der Waals surface area contributed by atoms with Gasteiger partial charge in [-0.05, 0) is 37.5 Å². The number of anilines is 1. The summed E-state index contributed by atoms with van der Waals surface area (Å²) in [4.78, 5) is 26.0. The van der Waals surface area contributed by atoms with Crippen LogP contribution in [-0.2, 0) is 9.59 Å². The maximum absolute atomic E-state index is 12.4. The van der Waals surface area contributed by atoms with Crippen molar-refractivity contribution in [2.75, 3.05) is 12.0 Å². The molecule has 1 heterocycles. The standard InChI is InChI=1S/C16H17ClN2O2/c1-10-3-2-4-12(7-10)18-9-19-15(20)13-6-5-11(17)8-14(13)16(19)21/h2-5,7,13-14,18H,6,8-9H2,1H3/t13-,14+/m0/s1. The molecule has 1 aliphatic carbocycles. The molecule has 0 bridgehead atoms. The molecule has 0 spiro atoms. The number of carbonyl (C=O) groups excluding carboxylic acids is 2. The molecule has 1 aliphatic heterocycles. The van der Waals surface area contributed by atoms with E-state index in [0.29, 0.717) is 17.9 Å². The van der Waals surface area contributed by atoms with Crippen molar-refractivity contribution in [3.63, 3.8) is 0 Å². The number of benzene rings is 1. The number of rotatable bonds is 3. The molecule has 0 radical (unpaired) electrons. The van der Waals surface area contributed by atoms with Crippen LogP contribution in [0.3, 0.4) is 0 Å². The van der Waals surface area contributed by atoms with E-state index in [1.807, 2.05) is 37.3 Å². The van der Waals surface area contributed by atoms with Gasteiger partial charge in [0.15, 0.2) is 0 Å². The third-order valence-corrected chi connectivity index (χ3v) is 4.43. The van der Waals surface area contributed by atoms with Gasteiger partial charge in [0.05, 0.1) is 18.5 Å². The lowest BCUT2D eigenvalue weighted by Gasteiger charge is -2.17. The lowest BCUT2D eigenvalue weighted by atomic mass is 9.85. The Morgan fingerprint density at radius 2 is 2.05 bits per heavy atom. The zero-order valence-corrected chi connectivity index (χ0v) is 12.6. The molecule has 0 aromatic heterocycles. The van der Waals surface area contributed by atoms with E-state index in [9.17, 15) is 9.59 Å². The molecular weight excluding hydrogens is 288 g/mol. The number of nitrogens with one attached hydrogen (secondary N) is 1. The maximum Gasteiger partial charge on any atom is 0.234 e. The average molecular weight is 305 g/mol. The normalized spacial score (nSPS) is 24.9. The van der Waals surface area contributed by atoms with Crippen LogP contribution in [0, 0.1) is 18.8 Å². The van der Waals surface area contributed by atoms with Crippen LogP contribution < -0.4 is 5.32 Å². The molecule has 2 atom stereocenters. The number of likely N-dealkylation sites (tertiary alicyclic amines) is 1. The smallest absolute Gasteiger partial charge is 0.234 e. The summed E-state index contributed by atoms with van der Waals surface area (Å²) in [5, 5.41) is 3.83. The van der Waals surface area contributed by atoms with Gasteiger partial charge >= 0.3 is 0 Å². The Morgan fingerprint density at radius 3 is 2.81 bits per heavy atom. The van der Waals surface area contributed by atoms with Crippen molar-refractivity contribution in [3.05, 3.63) is 40.9 Å². The zero-order valence-electron chi connectivity index (χ0n) is 11.8. The average Bonchev–Trinajstić information content (AvgIpc) is 2.69. The first-order chi connectivity index (χ1) is 10.1. The monoisotopic (exact) mass is 304 g/mol. The SMILES string of the molecule is Cc1cccc(NCN2C(=O)[C@H]3CC=C(Cl)C[C@H]3C2=O)c1. The predicted molar refractivity (Wildman–Crippen MR) is 81.7 cm³/mol. The van der Waals surface area contributed by atoms with Crippen molar-refractivity contribution in [3.8, 4) is 0 Å². The third-order valence-electron chi connectivity index (χ3n) is 4.12. The van der Waals surface area contributed by atoms with Crippen molar-refractivity contribution >= 4 is 29.1 Å². The summed E-state index contributed by atoms with van der Waals surface area (Å²) < 4.78 is 0. The van der Waals surface area contributed by atoms with Crippen molar-refractivity contribution in [1.82, 2.24) is 4.90 Å². The minimum Gasteiger partial charge on any atom is -0.367 e. The van der Waals surface area contributed by atoms with Gasteiger partial charge in [0.25, 0.3) is 0 Å². The van der Waals surface area contributed by atoms with Crippen molar-refractivity contribution in [1.29, 1.82) is 0 Å². The third kappa shape index (κ3) is 2.68. The lowest BCUT2D eigenvalue weighted by Crippen LogP contribution is -2.35. The highest BCUT2D eigenvalue weighted by Crippen LogP contribution is 2.38. The summed E-state index contributed by atoms with van der Waals surface area (Å²) >= 11 is 6.00. The Hall–Kier alpha value is -1.81. The van der Waals surface area contributed by atoms with Crippen LogP contribution in [0.15, 0.2) is 35.4 Å². The van der Waals surface area contributed by atoms with Gasteiger partial charge in [-0.15, -0.1) is 0 Å². The molecule has 0 unspecified atom stereocenters. The van der Waals surface area contributed by atoms with E-state index in [-0.39, 0.29) is 30.3 Å². The highest BCUT2D eigenvalue weighted by molar-refractivity contribution is 6.30. The second-order valence-corrected chi connectivity index (χ2v) is 6.10. The first kappa shape index (κ1) is 14.1. The van der Waals surface area contributed by atoms with Gasteiger partial charge in [-0.25, -0.2) is 0 Å². The Morgan fingerprint density at radius 1 is 1.29 bits per heavy atom. The van der Waals surface area contributed by atoms with Crippen molar-refractivity contribution in [2.45, 2.75) is 19.8 Å². The zero-order chi connectivity index (χ0) is 15.0. The van der Waals surface area contributed by atoms with Crippen LogP contribution in [-0.4, -0.2) is 23.4 Å². The second kappa shape index (κ2) is 5.53. The van der Waals surface area contributed by atoms with Crippen LogP contribution in [0.4, 0.5) is 5.69 Å². The molecule has 3 rings (SSSR count). The van der Waals surface area contributed by atoms with Gasteiger partial charge in [-0.3, -0.25) is 14.5 Å². The van der Waals surface area contributed by atoms with Gasteiger partial charge in [0.1, 0.15) is 0 Å². The summed E-state index contributed by atoms with van der Waals surface area (Å²) in [5.74, 6) is -0.726. The predicted octanol–water partition coefficient (Wildman–Crippen LogP) is 2.88. The van der Waals surface area contributed by atoms with E-state index in [2.05, 4.69) is 5.32 Å². The van der Waals surface area contributed by atoms with Gasteiger partial charge in [-0.1, -0.05) is 29.8 Å². The number of fused-ring (bicyclic) bond motifs is 1. The molecular formula is C16H17ClN2O2. The molecule has 1 aromatic carbocycles. The van der Waals surface area contributed by atoms with E-state index in [0.717, 1.165) is 11.3 Å². The molecule has 1 fully saturated rings. The molecule has 1 aromatic rings. The van der Waals surface area contributed by atoms with Gasteiger partial charge < -0.3 is 5.32 Å². The fourth-order valence-corrected chi connectivity index (χ4v) is 3.23. The van der Waals surface area contributed by atoms with Crippen molar-refractivity contribution < 1.29 is 9.59 Å². The molecule has 2 aliphatic rings. The number of allylic oxidation sites excluding steroid dienone is 2. The molecule has 4 nitrogen and oxygen atoms in total. The molecule has 5 heteroatoms. The molecule has 1 N–H and O–H groups in total. The summed E-state index contributed by atoms with van der Waals surface area (Å²) in [6.07, 6.45) is 2.90. The van der Waals surface area contributed by atoms with Crippen LogP contribution in [0.5, 0.6) is 0 Å². The molecule has 2 amide bonds. The maximum atomic E-state index is 12.4. The number of carbonyl (C=O) groups is 2. The fourth-order valence-electron chi connectivity index (χ4n) is 2.98. The van der Waals surface area contributed by atoms with Crippen LogP contribution in [0.2, 0.25) is 0 Å². The topological polar surface area (TPSA) is 49.4 Å². The summed E-state index contributed by atoms with van der Waals surface area (Å²) in [6, 6.07) is 7.84. The number of imide groups is 1. The summed E-state index contributed by atoms with van der Waals surface area (Å²) in [6.45, 7) is 2.21. The van der Waals surface area contributed by atoms with E-state index < -0.39 is 0 Å². The number of nitrogens with zero attached hydrogens (tertiary/aromatic N) is 1. The molecule has 110 valence electrons. The van der Waals surface area contributed by atoms with Crippen LogP contribution in [0.1, 0.15) is 18.4 Å². The fraction of sp³-hybridized carbons (Fsp3) is 0.375. The highest BCUT2D eigenvalue weighted by atomic mass is 35.5. The van der Waals surface area contributed by atoms with Crippen LogP contribution in [0.25, 0.3) is 0 Å². The van der Waals surface area contributed by atoms with E-state index in [1.165, 1.54) is 4.90 Å². The minimum absolute atomic E-state index is 0.0921. The number of hydrogen-bond donors (Lipinski definition) is 1.